The average molecular weight is 375 g/mol. The SMILES string of the molecule is Cc1cccc2nc3c(c(=O)n12)CN(C(=O)c1ccc(C(C)(C)C)cc1)CC3. The third kappa shape index (κ3) is 3.11. The van der Waals surface area contributed by atoms with Crippen LogP contribution in [0.25, 0.3) is 5.65 Å². The summed E-state index contributed by atoms with van der Waals surface area (Å²) in [6, 6.07) is 13.4. The van der Waals surface area contributed by atoms with E-state index >= 15 is 0 Å². The molecule has 28 heavy (non-hydrogen) atoms. The van der Waals surface area contributed by atoms with E-state index < -0.39 is 0 Å². The van der Waals surface area contributed by atoms with Crippen LogP contribution in [0.15, 0.2) is 47.3 Å². The van der Waals surface area contributed by atoms with E-state index in [0.29, 0.717) is 36.3 Å². The number of nitrogens with zero attached hydrogens (tertiary/aromatic N) is 3. The molecule has 3 heterocycles. The highest BCUT2D eigenvalue weighted by atomic mass is 16.2. The van der Waals surface area contributed by atoms with Crippen molar-refractivity contribution in [2.45, 2.75) is 46.1 Å². The average Bonchev–Trinajstić information content (AvgIpc) is 2.67. The van der Waals surface area contributed by atoms with Crippen molar-refractivity contribution in [3.8, 4) is 0 Å². The van der Waals surface area contributed by atoms with Crippen molar-refractivity contribution in [2.24, 2.45) is 0 Å². The number of pyridine rings is 1. The summed E-state index contributed by atoms with van der Waals surface area (Å²) in [6.07, 6.45) is 0.598. The third-order valence-electron chi connectivity index (χ3n) is 5.48. The van der Waals surface area contributed by atoms with Gasteiger partial charge in [-0.25, -0.2) is 4.98 Å². The number of aromatic nitrogens is 2. The highest BCUT2D eigenvalue weighted by Gasteiger charge is 2.26. The molecule has 144 valence electrons. The van der Waals surface area contributed by atoms with Crippen molar-refractivity contribution in [1.82, 2.24) is 14.3 Å². The minimum Gasteiger partial charge on any atom is -0.334 e. The second kappa shape index (κ2) is 6.59. The molecule has 0 N–H and O–H groups in total. The van der Waals surface area contributed by atoms with E-state index in [9.17, 15) is 9.59 Å². The number of hydrogen-bond acceptors (Lipinski definition) is 3. The van der Waals surface area contributed by atoms with Gasteiger partial charge in [-0.1, -0.05) is 39.0 Å². The molecular weight excluding hydrogens is 350 g/mol. The number of aryl methyl sites for hydroxylation is 1. The van der Waals surface area contributed by atoms with Gasteiger partial charge in [-0.15, -0.1) is 0 Å². The summed E-state index contributed by atoms with van der Waals surface area (Å²) in [6.45, 7) is 9.22. The van der Waals surface area contributed by atoms with Crippen LogP contribution in [-0.2, 0) is 18.4 Å². The Hall–Kier alpha value is -2.95. The summed E-state index contributed by atoms with van der Waals surface area (Å²) in [4.78, 5) is 32.5. The minimum absolute atomic E-state index is 0.0413. The topological polar surface area (TPSA) is 54.7 Å². The van der Waals surface area contributed by atoms with Crippen LogP contribution in [0.4, 0.5) is 0 Å². The van der Waals surface area contributed by atoms with Crippen molar-refractivity contribution < 1.29 is 4.79 Å². The van der Waals surface area contributed by atoms with Gasteiger partial charge in [0.2, 0.25) is 0 Å². The van der Waals surface area contributed by atoms with E-state index in [2.05, 4.69) is 25.8 Å². The van der Waals surface area contributed by atoms with E-state index in [0.717, 1.165) is 11.4 Å². The molecule has 0 saturated heterocycles. The predicted molar refractivity (Wildman–Crippen MR) is 110 cm³/mol. The number of hydrogen-bond donors (Lipinski definition) is 0. The lowest BCUT2D eigenvalue weighted by molar-refractivity contribution is 0.0732. The quantitative estimate of drug-likeness (QED) is 0.654. The van der Waals surface area contributed by atoms with Gasteiger partial charge < -0.3 is 4.90 Å². The van der Waals surface area contributed by atoms with Gasteiger partial charge in [0.25, 0.3) is 11.5 Å². The lowest BCUT2D eigenvalue weighted by atomic mass is 9.86. The zero-order valence-corrected chi connectivity index (χ0v) is 16.8. The van der Waals surface area contributed by atoms with Crippen LogP contribution in [-0.4, -0.2) is 26.7 Å². The Kier molecular flexibility index (Phi) is 4.33. The van der Waals surface area contributed by atoms with E-state index in [1.165, 1.54) is 5.56 Å². The number of carbonyl (C=O) groups is 1. The maximum atomic E-state index is 13.0. The standard InChI is InChI=1S/C23H25N3O2/c1-15-6-5-7-20-24-19-12-13-25(14-18(19)22(28)26(15)20)21(27)16-8-10-17(11-9-16)23(2,3)4/h5-11H,12-14H2,1-4H3. The first-order valence-electron chi connectivity index (χ1n) is 9.65. The first-order chi connectivity index (χ1) is 13.3. The monoisotopic (exact) mass is 375 g/mol. The summed E-state index contributed by atoms with van der Waals surface area (Å²) < 4.78 is 1.63. The Morgan fingerprint density at radius 2 is 1.79 bits per heavy atom. The lowest BCUT2D eigenvalue weighted by Crippen LogP contribution is -2.40. The molecule has 1 aromatic carbocycles. The first-order valence-corrected chi connectivity index (χ1v) is 9.65. The largest absolute Gasteiger partial charge is 0.334 e. The molecule has 1 aliphatic rings. The second-order valence-corrected chi connectivity index (χ2v) is 8.51. The summed E-state index contributed by atoms with van der Waals surface area (Å²) in [5, 5.41) is 0. The first kappa shape index (κ1) is 18.4. The van der Waals surface area contributed by atoms with E-state index in [-0.39, 0.29) is 16.9 Å². The fourth-order valence-electron chi connectivity index (χ4n) is 3.76. The molecule has 0 saturated carbocycles. The highest BCUT2D eigenvalue weighted by Crippen LogP contribution is 2.23. The predicted octanol–water partition coefficient (Wildman–Crippen LogP) is 3.50. The Morgan fingerprint density at radius 1 is 1.07 bits per heavy atom. The lowest BCUT2D eigenvalue weighted by Gasteiger charge is -2.28. The maximum Gasteiger partial charge on any atom is 0.263 e. The van der Waals surface area contributed by atoms with Crippen molar-refractivity contribution in [2.75, 3.05) is 6.54 Å². The number of amides is 1. The molecule has 5 heteroatoms. The van der Waals surface area contributed by atoms with Gasteiger partial charge in [-0.05, 0) is 42.2 Å². The molecule has 0 atom stereocenters. The molecule has 0 fully saturated rings. The fourth-order valence-corrected chi connectivity index (χ4v) is 3.76. The number of fused-ring (bicyclic) bond motifs is 2. The van der Waals surface area contributed by atoms with Gasteiger partial charge in [0.05, 0.1) is 17.8 Å². The van der Waals surface area contributed by atoms with Crippen molar-refractivity contribution in [1.29, 1.82) is 0 Å². The summed E-state index contributed by atoms with van der Waals surface area (Å²) in [7, 11) is 0. The molecular formula is C23H25N3O2. The molecule has 0 aliphatic carbocycles. The Balaban J connectivity index is 1.66. The van der Waals surface area contributed by atoms with Gasteiger partial charge >= 0.3 is 0 Å². The van der Waals surface area contributed by atoms with Crippen molar-refractivity contribution in [3.63, 3.8) is 0 Å². The van der Waals surface area contributed by atoms with Crippen molar-refractivity contribution in [3.05, 3.63) is 80.9 Å². The molecule has 1 amide bonds. The van der Waals surface area contributed by atoms with Crippen molar-refractivity contribution >= 4 is 11.6 Å². The molecule has 0 unspecified atom stereocenters. The van der Waals surface area contributed by atoms with Crippen LogP contribution in [0.5, 0.6) is 0 Å². The molecule has 3 aromatic rings. The third-order valence-corrected chi connectivity index (χ3v) is 5.48. The smallest absolute Gasteiger partial charge is 0.263 e. The van der Waals surface area contributed by atoms with Crippen LogP contribution in [0.3, 0.4) is 0 Å². The minimum atomic E-state index is -0.0707. The maximum absolute atomic E-state index is 13.0. The normalized spacial score (nSPS) is 14.2. The van der Waals surface area contributed by atoms with E-state index in [1.54, 1.807) is 9.30 Å². The van der Waals surface area contributed by atoms with Gasteiger partial charge in [-0.3, -0.25) is 14.0 Å². The molecule has 4 rings (SSSR count). The zero-order valence-electron chi connectivity index (χ0n) is 16.8. The number of rotatable bonds is 1. The van der Waals surface area contributed by atoms with E-state index in [1.807, 2.05) is 49.4 Å². The van der Waals surface area contributed by atoms with Crippen LogP contribution in [0.1, 0.15) is 53.6 Å². The zero-order chi connectivity index (χ0) is 20.1. The fraction of sp³-hybridized carbons (Fsp3) is 0.348. The molecule has 0 radical (unpaired) electrons. The molecule has 0 spiro atoms. The van der Waals surface area contributed by atoms with Gasteiger partial charge in [0.1, 0.15) is 5.65 Å². The van der Waals surface area contributed by atoms with Gasteiger partial charge in [0, 0.05) is 24.2 Å². The van der Waals surface area contributed by atoms with Crippen LogP contribution in [0, 0.1) is 6.92 Å². The molecule has 1 aliphatic heterocycles. The number of carbonyl (C=O) groups excluding carboxylic acids is 1. The molecule has 5 nitrogen and oxygen atoms in total. The Morgan fingerprint density at radius 3 is 2.46 bits per heavy atom. The summed E-state index contributed by atoms with van der Waals surface area (Å²) in [5.41, 5.74) is 4.77. The summed E-state index contributed by atoms with van der Waals surface area (Å²) >= 11 is 0. The van der Waals surface area contributed by atoms with Crippen LogP contribution in [0.2, 0.25) is 0 Å². The Labute approximate surface area is 164 Å². The van der Waals surface area contributed by atoms with E-state index in [4.69, 9.17) is 0 Å². The summed E-state index contributed by atoms with van der Waals surface area (Å²) in [5.74, 6) is -0.0413. The second-order valence-electron chi connectivity index (χ2n) is 8.51. The van der Waals surface area contributed by atoms with Gasteiger partial charge in [0.15, 0.2) is 0 Å². The Bertz CT molecular complexity index is 1120. The van der Waals surface area contributed by atoms with Gasteiger partial charge in [-0.2, -0.15) is 0 Å². The number of benzene rings is 1. The highest BCUT2D eigenvalue weighted by molar-refractivity contribution is 5.94. The van der Waals surface area contributed by atoms with Crippen LogP contribution >= 0.6 is 0 Å². The molecule has 0 bridgehead atoms. The van der Waals surface area contributed by atoms with Crippen LogP contribution < -0.4 is 5.56 Å². The molecule has 2 aromatic heterocycles.